The number of aromatic amines is 1. The number of aliphatic hydroxyl groups excluding tert-OH is 1. The number of H-pyrrole nitrogens is 1. The molecule has 0 radical (unpaired) electrons. The maximum absolute atomic E-state index is 14.5. The molecule has 2 aromatic heterocycles. The number of carbonyl (C=O) groups excluding carboxylic acids is 1. The van der Waals surface area contributed by atoms with E-state index in [1.807, 2.05) is 0 Å². The first-order valence-electron chi connectivity index (χ1n) is 13.4. The van der Waals surface area contributed by atoms with E-state index in [1.165, 1.54) is 31.3 Å². The van der Waals surface area contributed by atoms with E-state index in [0.717, 1.165) is 4.57 Å². The van der Waals surface area contributed by atoms with Gasteiger partial charge in [0.05, 0.1) is 32.9 Å². The number of para-hydroxylation sites is 1. The Morgan fingerprint density at radius 2 is 2.05 bits per heavy atom. The predicted octanol–water partition coefficient (Wildman–Crippen LogP) is 2.11. The third-order valence-corrected chi connectivity index (χ3v) is 8.07. The summed E-state index contributed by atoms with van der Waals surface area (Å²) < 4.78 is 69.0. The van der Waals surface area contributed by atoms with Gasteiger partial charge in [-0.05, 0) is 32.0 Å². The van der Waals surface area contributed by atoms with Gasteiger partial charge in [-0.25, -0.2) is 8.96 Å². The van der Waals surface area contributed by atoms with E-state index >= 15 is 0 Å². The molecule has 4 rings (SSSR count). The number of esters is 1. The molecule has 1 aliphatic rings. The molecule has 1 fully saturated rings. The number of nitrogens with one attached hydrogen (secondary N) is 1. The summed E-state index contributed by atoms with van der Waals surface area (Å²) in [5.41, 5.74) is 8.97. The number of nitrogens with two attached hydrogens (primary N) is 2. The molecule has 1 saturated heterocycles. The molecule has 3 aromatic rings. The fourth-order valence-corrected chi connectivity index (χ4v) is 5.92. The van der Waals surface area contributed by atoms with Gasteiger partial charge in [-0.2, -0.15) is 4.98 Å². The van der Waals surface area contributed by atoms with Gasteiger partial charge in [0.1, 0.15) is 30.2 Å². The van der Waals surface area contributed by atoms with Crippen LogP contribution in [0.15, 0.2) is 47.4 Å². The zero-order valence-corrected chi connectivity index (χ0v) is 22.9. The van der Waals surface area contributed by atoms with Crippen molar-refractivity contribution >= 4 is 30.5 Å². The summed E-state index contributed by atoms with van der Waals surface area (Å²) in [6.45, 7) is 0.153. The first-order valence-corrected chi connectivity index (χ1v) is 14.1. The molecule has 6 N–H and O–H groups in total. The zero-order chi connectivity index (χ0) is 31.0. The van der Waals surface area contributed by atoms with Crippen LogP contribution in [-0.4, -0.2) is 68.9 Å². The number of aliphatic hydroxyl groups is 1. The summed E-state index contributed by atoms with van der Waals surface area (Å²) in [5.74, 6) is -1.98. The van der Waals surface area contributed by atoms with Crippen LogP contribution in [0.25, 0.3) is 11.0 Å². The topological polar surface area (TPSA) is 194 Å². The van der Waals surface area contributed by atoms with Gasteiger partial charge in [-0.1, -0.05) is 25.1 Å². The van der Waals surface area contributed by atoms with Crippen molar-refractivity contribution in [3.8, 4) is 5.75 Å². The van der Waals surface area contributed by atoms with Crippen molar-refractivity contribution in [2.24, 2.45) is 11.7 Å². The number of carbonyl (C=O) groups is 1. The van der Waals surface area contributed by atoms with E-state index in [1.54, 1.807) is 32.0 Å². The Bertz CT molecular complexity index is 1540. The Balaban J connectivity index is 1.68. The molecule has 3 heterocycles. The van der Waals surface area contributed by atoms with Crippen LogP contribution < -0.4 is 21.6 Å². The Hall–Kier alpha value is -3.29. The van der Waals surface area contributed by atoms with Crippen LogP contribution in [-0.2, 0) is 23.4 Å². The number of nitrogen functional groups attached to an aromatic ring is 1. The average Bonchev–Trinajstić information content (AvgIpc) is 3.42. The van der Waals surface area contributed by atoms with Crippen LogP contribution in [0.1, 0.15) is 29.7 Å². The number of ether oxygens (including phenoxy) is 2. The molecule has 0 amide bonds. The highest BCUT2D eigenvalue weighted by atomic mass is 31.2. The van der Waals surface area contributed by atoms with Crippen molar-refractivity contribution in [3.05, 3.63) is 52.9 Å². The van der Waals surface area contributed by atoms with E-state index in [0.29, 0.717) is 0 Å². The minimum absolute atomic E-state index is 0.0502. The highest BCUT2D eigenvalue weighted by molar-refractivity contribution is 7.54. The Morgan fingerprint density at radius 3 is 2.70 bits per heavy atom. The molecule has 218 valence electrons. The minimum Gasteiger partial charge on any atom is -0.463 e. The van der Waals surface area contributed by atoms with E-state index in [2.05, 4.69) is 9.97 Å². The molecule has 40 heavy (non-hydrogen) atoms. The van der Waals surface area contributed by atoms with Crippen LogP contribution in [0.2, 0.25) is 0 Å². The van der Waals surface area contributed by atoms with Crippen molar-refractivity contribution in [3.63, 3.8) is 0 Å². The Morgan fingerprint density at radius 1 is 1.35 bits per heavy atom. The van der Waals surface area contributed by atoms with E-state index in [4.69, 9.17) is 32.7 Å². The molecule has 0 bridgehead atoms. The molecule has 0 spiro atoms. The minimum atomic E-state index is -4.56. The Labute approximate surface area is 231 Å². The zero-order valence-electron chi connectivity index (χ0n) is 24.0. The number of fused-ring (bicyclic) bond motifs is 1. The van der Waals surface area contributed by atoms with Gasteiger partial charge in [-0.3, -0.25) is 19.1 Å². The lowest BCUT2D eigenvalue weighted by Gasteiger charge is -2.30. The van der Waals surface area contributed by atoms with E-state index < -0.39 is 74.5 Å². The van der Waals surface area contributed by atoms with Crippen LogP contribution in [0.4, 0.5) is 10.3 Å². The number of benzene rings is 1. The highest BCUT2D eigenvalue weighted by Gasteiger charge is 2.56. The number of nitrogens with zero attached hydrogens (tertiary/aromatic N) is 2. The van der Waals surface area contributed by atoms with Gasteiger partial charge >= 0.3 is 13.6 Å². The van der Waals surface area contributed by atoms with Crippen molar-refractivity contribution in [2.45, 2.75) is 50.8 Å². The number of rotatable bonds is 11. The number of alkyl halides is 1. The van der Waals surface area contributed by atoms with Crippen molar-refractivity contribution in [2.75, 3.05) is 25.1 Å². The highest BCUT2D eigenvalue weighted by Crippen LogP contribution is 2.51. The lowest BCUT2D eigenvalue weighted by Crippen LogP contribution is -2.56. The smallest absolute Gasteiger partial charge is 0.380 e. The second-order valence-corrected chi connectivity index (χ2v) is 11.8. The summed E-state index contributed by atoms with van der Waals surface area (Å²) >= 11 is 0. The third kappa shape index (κ3) is 6.06. The van der Waals surface area contributed by atoms with Gasteiger partial charge < -0.3 is 35.1 Å². The van der Waals surface area contributed by atoms with Crippen LogP contribution in [0, 0.1) is 5.92 Å². The molecular weight excluding hydrogens is 548 g/mol. The molecule has 1 aromatic carbocycles. The fourth-order valence-electron chi connectivity index (χ4n) is 4.20. The number of hydrogen-bond donors (Lipinski definition) is 4. The van der Waals surface area contributed by atoms with Crippen molar-refractivity contribution in [1.29, 1.82) is 0 Å². The van der Waals surface area contributed by atoms with Gasteiger partial charge in [0.2, 0.25) is 5.95 Å². The SMILES string of the molecule is [2H]C([2H])(O[P@@](=O)(C[C@@H](C)C(=O)OC(C)C)Oc1ccccc1)[C@H]1O[C@@H](n2ccc3c(=O)[nH]c(N)nc32)C(N)(CF)[C@H]1O. The van der Waals surface area contributed by atoms with Crippen LogP contribution in [0.3, 0.4) is 0 Å². The number of halogens is 1. The van der Waals surface area contributed by atoms with Crippen LogP contribution >= 0.6 is 7.60 Å². The summed E-state index contributed by atoms with van der Waals surface area (Å²) in [6.07, 6.45) is -5.47. The average molecular weight is 584 g/mol. The monoisotopic (exact) mass is 583 g/mol. The van der Waals surface area contributed by atoms with Gasteiger partial charge in [0, 0.05) is 6.20 Å². The second-order valence-electron chi connectivity index (χ2n) is 9.80. The van der Waals surface area contributed by atoms with Gasteiger partial charge in [0.25, 0.3) is 5.56 Å². The van der Waals surface area contributed by atoms with Gasteiger partial charge in [-0.15, -0.1) is 0 Å². The summed E-state index contributed by atoms with van der Waals surface area (Å²) in [4.78, 5) is 31.2. The molecule has 1 unspecified atom stereocenters. The first kappa shape index (κ1) is 26.9. The molecule has 0 aliphatic carbocycles. The third-order valence-electron chi connectivity index (χ3n) is 6.20. The number of anilines is 1. The lowest BCUT2D eigenvalue weighted by atomic mass is 9.92. The number of aromatic nitrogens is 3. The quantitative estimate of drug-likeness (QED) is 0.191. The van der Waals surface area contributed by atoms with Crippen LogP contribution in [0.5, 0.6) is 5.75 Å². The first-order chi connectivity index (χ1) is 19.6. The summed E-state index contributed by atoms with van der Waals surface area (Å²) in [7, 11) is -4.56. The summed E-state index contributed by atoms with van der Waals surface area (Å²) in [6, 6.07) is 9.07. The maximum atomic E-state index is 14.5. The van der Waals surface area contributed by atoms with Crippen molar-refractivity contribution in [1.82, 2.24) is 14.5 Å². The van der Waals surface area contributed by atoms with E-state index in [9.17, 15) is 23.7 Å². The second kappa shape index (κ2) is 11.7. The molecule has 0 saturated carbocycles. The maximum Gasteiger partial charge on any atom is 0.380 e. The van der Waals surface area contributed by atoms with Crippen molar-refractivity contribution < 1.29 is 40.1 Å². The largest absolute Gasteiger partial charge is 0.463 e. The normalized spacial score (nSPS) is 26.2. The van der Waals surface area contributed by atoms with E-state index in [-0.39, 0.29) is 22.7 Å². The molecule has 13 nitrogen and oxygen atoms in total. The molecule has 6 atom stereocenters. The predicted molar refractivity (Wildman–Crippen MR) is 143 cm³/mol. The standard InChI is InChI=1S/C25H33FN5O8P/c1-14(2)37-22(34)15(3)12-40(35,39-16-7-5-4-6-8-16)36-11-18-19(32)25(28,13-26)23(38-18)31-10-9-17-20(31)29-24(27)30-21(17)33/h4-10,14-15,18-19,23,32H,11-13,28H2,1-3H3,(H3,27,29,30,33)/t15-,18-,19+,23-,25?,40+/m1/s1/i11D2. The lowest BCUT2D eigenvalue weighted by molar-refractivity contribution is -0.151. The summed E-state index contributed by atoms with van der Waals surface area (Å²) in [5, 5.41) is 11.2. The van der Waals surface area contributed by atoms with Gasteiger partial charge in [0.15, 0.2) is 11.9 Å². The molecule has 15 heteroatoms. The molecule has 1 aliphatic heterocycles. The fraction of sp³-hybridized carbons (Fsp3) is 0.480. The number of hydrogen-bond acceptors (Lipinski definition) is 11. The molecular formula is C25H33FN5O8P. The Kier molecular flexibility index (Phi) is 7.85.